The molecular formula is C14H15N3O3. The largest absolute Gasteiger partial charge is 0.497 e. The number of aryl methyl sites for hydroxylation is 1. The average molecular weight is 273 g/mol. The molecule has 0 N–H and O–H groups in total. The van der Waals surface area contributed by atoms with Gasteiger partial charge in [0.2, 0.25) is 0 Å². The van der Waals surface area contributed by atoms with Gasteiger partial charge < -0.3 is 9.47 Å². The lowest BCUT2D eigenvalue weighted by Crippen LogP contribution is -1.96. The third-order valence-corrected chi connectivity index (χ3v) is 2.62. The van der Waals surface area contributed by atoms with E-state index < -0.39 is 5.97 Å². The Bertz CT molecular complexity index is 647. The molecule has 0 spiro atoms. The van der Waals surface area contributed by atoms with Gasteiger partial charge >= 0.3 is 5.97 Å². The van der Waals surface area contributed by atoms with Gasteiger partial charge in [0.05, 0.1) is 14.2 Å². The first-order chi connectivity index (χ1) is 9.62. The van der Waals surface area contributed by atoms with Crippen LogP contribution in [0.2, 0.25) is 0 Å². The van der Waals surface area contributed by atoms with Crippen molar-refractivity contribution in [2.24, 2.45) is 0 Å². The minimum atomic E-state index is -0.445. The molecule has 0 aliphatic rings. The molecule has 0 saturated carbocycles. The number of hydrogen-bond acceptors (Lipinski definition) is 5. The molecule has 0 fully saturated rings. The molecule has 6 heteroatoms. The summed E-state index contributed by atoms with van der Waals surface area (Å²) in [4.78, 5) is 15.2. The normalized spacial score (nSPS) is 10.8. The lowest BCUT2D eigenvalue weighted by atomic mass is 10.1. The number of hydrogen-bond donors (Lipinski definition) is 0. The van der Waals surface area contributed by atoms with E-state index in [1.54, 1.807) is 7.11 Å². The van der Waals surface area contributed by atoms with Crippen molar-refractivity contribution in [2.45, 2.75) is 6.92 Å². The fourth-order valence-electron chi connectivity index (χ4n) is 1.68. The fraction of sp³-hybridized carbons (Fsp3) is 0.214. The van der Waals surface area contributed by atoms with Crippen molar-refractivity contribution in [3.05, 3.63) is 36.2 Å². The number of rotatable bonds is 4. The molecule has 1 aromatic heterocycles. The second-order valence-electron chi connectivity index (χ2n) is 4.13. The van der Waals surface area contributed by atoms with E-state index in [2.05, 4.69) is 14.8 Å². The van der Waals surface area contributed by atoms with E-state index in [0.717, 1.165) is 16.9 Å². The highest BCUT2D eigenvalue weighted by Crippen LogP contribution is 2.23. The number of nitrogens with zero attached hydrogens (tertiary/aromatic N) is 3. The number of carbonyl (C=O) groups excluding carboxylic acids is 1. The Hall–Kier alpha value is -2.63. The molecule has 0 atom stereocenters. The highest BCUT2D eigenvalue weighted by atomic mass is 16.5. The second-order valence-corrected chi connectivity index (χ2v) is 4.13. The number of aromatic nitrogens is 3. The van der Waals surface area contributed by atoms with Crippen molar-refractivity contribution in [1.29, 1.82) is 0 Å². The molecule has 0 unspecified atom stereocenters. The van der Waals surface area contributed by atoms with Crippen molar-refractivity contribution < 1.29 is 14.3 Å². The zero-order chi connectivity index (χ0) is 14.5. The molecule has 0 bridgehead atoms. The van der Waals surface area contributed by atoms with E-state index in [0.29, 0.717) is 5.82 Å². The van der Waals surface area contributed by atoms with Gasteiger partial charge in [-0.25, -0.2) is 14.5 Å². The summed E-state index contributed by atoms with van der Waals surface area (Å²) in [6, 6.07) is 5.75. The second kappa shape index (κ2) is 6.01. The minimum absolute atomic E-state index is 0.445. The van der Waals surface area contributed by atoms with Crippen LogP contribution in [0.1, 0.15) is 5.56 Å². The van der Waals surface area contributed by atoms with Crippen LogP contribution in [0.4, 0.5) is 0 Å². The molecule has 2 aromatic rings. The third kappa shape index (κ3) is 3.23. The van der Waals surface area contributed by atoms with E-state index in [-0.39, 0.29) is 0 Å². The molecule has 20 heavy (non-hydrogen) atoms. The molecule has 1 heterocycles. The van der Waals surface area contributed by atoms with Gasteiger partial charge in [0, 0.05) is 17.8 Å². The van der Waals surface area contributed by atoms with Gasteiger partial charge in [0.15, 0.2) is 5.82 Å². The Morgan fingerprint density at radius 1 is 1.30 bits per heavy atom. The van der Waals surface area contributed by atoms with Crippen LogP contribution in [0.5, 0.6) is 5.75 Å². The molecule has 2 rings (SSSR count). The predicted octanol–water partition coefficient (Wildman–Crippen LogP) is 1.91. The van der Waals surface area contributed by atoms with Gasteiger partial charge in [-0.3, -0.25) is 0 Å². The molecular weight excluding hydrogens is 258 g/mol. The summed E-state index contributed by atoms with van der Waals surface area (Å²) in [6.07, 6.45) is 4.27. The maximum Gasteiger partial charge on any atom is 0.332 e. The zero-order valence-corrected chi connectivity index (χ0v) is 11.5. The van der Waals surface area contributed by atoms with E-state index in [1.165, 1.54) is 30.4 Å². The SMILES string of the molecule is COC(=O)/C=C\n1cnc(-c2cc(C)cc(OC)c2)n1. The lowest BCUT2D eigenvalue weighted by Gasteiger charge is -2.03. The Morgan fingerprint density at radius 2 is 2.10 bits per heavy atom. The van der Waals surface area contributed by atoms with Crippen molar-refractivity contribution in [3.63, 3.8) is 0 Å². The molecule has 0 radical (unpaired) electrons. The van der Waals surface area contributed by atoms with Gasteiger partial charge in [0.1, 0.15) is 12.1 Å². The monoisotopic (exact) mass is 273 g/mol. The fourth-order valence-corrected chi connectivity index (χ4v) is 1.68. The van der Waals surface area contributed by atoms with Gasteiger partial charge in [-0.05, 0) is 30.7 Å². The number of ether oxygens (including phenoxy) is 2. The Morgan fingerprint density at radius 3 is 2.80 bits per heavy atom. The highest BCUT2D eigenvalue weighted by molar-refractivity contribution is 5.84. The third-order valence-electron chi connectivity index (χ3n) is 2.62. The van der Waals surface area contributed by atoms with Crippen LogP contribution in [0.25, 0.3) is 17.6 Å². The van der Waals surface area contributed by atoms with Crippen LogP contribution < -0.4 is 4.74 Å². The standard InChI is InChI=1S/C14H15N3O3/c1-10-6-11(8-12(7-10)19-2)14-15-9-17(16-14)5-4-13(18)20-3/h4-9H,1-3H3/b5-4-. The summed E-state index contributed by atoms with van der Waals surface area (Å²) >= 11 is 0. The van der Waals surface area contributed by atoms with Gasteiger partial charge in [-0.1, -0.05) is 0 Å². The van der Waals surface area contributed by atoms with E-state index in [1.807, 2.05) is 25.1 Å². The van der Waals surface area contributed by atoms with Gasteiger partial charge in [-0.2, -0.15) is 0 Å². The van der Waals surface area contributed by atoms with Crippen LogP contribution in [0.3, 0.4) is 0 Å². The van der Waals surface area contributed by atoms with Crippen LogP contribution in [0.15, 0.2) is 30.6 Å². The molecule has 6 nitrogen and oxygen atoms in total. The highest BCUT2D eigenvalue weighted by Gasteiger charge is 2.06. The van der Waals surface area contributed by atoms with Gasteiger partial charge in [0.25, 0.3) is 0 Å². The summed E-state index contributed by atoms with van der Waals surface area (Å²) in [7, 11) is 2.93. The molecule has 0 amide bonds. The van der Waals surface area contributed by atoms with E-state index >= 15 is 0 Å². The van der Waals surface area contributed by atoms with E-state index in [4.69, 9.17) is 4.74 Å². The van der Waals surface area contributed by atoms with Crippen LogP contribution in [-0.2, 0) is 9.53 Å². The van der Waals surface area contributed by atoms with Crippen LogP contribution >= 0.6 is 0 Å². The maximum absolute atomic E-state index is 11.0. The maximum atomic E-state index is 11.0. The molecule has 0 aliphatic heterocycles. The molecule has 0 aliphatic carbocycles. The molecule has 0 saturated heterocycles. The number of carbonyl (C=O) groups is 1. The summed E-state index contributed by atoms with van der Waals surface area (Å²) in [6.45, 7) is 1.97. The summed E-state index contributed by atoms with van der Waals surface area (Å²) in [5.74, 6) is 0.863. The first-order valence-corrected chi connectivity index (χ1v) is 5.95. The zero-order valence-electron chi connectivity index (χ0n) is 11.5. The number of methoxy groups -OCH3 is 2. The van der Waals surface area contributed by atoms with E-state index in [9.17, 15) is 4.79 Å². The van der Waals surface area contributed by atoms with Crippen molar-refractivity contribution in [3.8, 4) is 17.1 Å². The Kier molecular flexibility index (Phi) is 4.14. The smallest absolute Gasteiger partial charge is 0.332 e. The van der Waals surface area contributed by atoms with Crippen LogP contribution in [0, 0.1) is 6.92 Å². The van der Waals surface area contributed by atoms with Crippen LogP contribution in [-0.4, -0.2) is 35.0 Å². The van der Waals surface area contributed by atoms with Crippen molar-refractivity contribution in [2.75, 3.05) is 14.2 Å². The summed E-state index contributed by atoms with van der Waals surface area (Å²) in [5.41, 5.74) is 1.91. The Labute approximate surface area is 116 Å². The lowest BCUT2D eigenvalue weighted by molar-refractivity contribution is -0.134. The summed E-state index contributed by atoms with van der Waals surface area (Å²) < 4.78 is 11.2. The number of esters is 1. The predicted molar refractivity (Wildman–Crippen MR) is 74.1 cm³/mol. The molecule has 1 aromatic carbocycles. The first kappa shape index (κ1) is 13.8. The number of benzene rings is 1. The Balaban J connectivity index is 2.26. The van der Waals surface area contributed by atoms with Crippen molar-refractivity contribution >= 4 is 12.2 Å². The van der Waals surface area contributed by atoms with Gasteiger partial charge in [-0.15, -0.1) is 5.10 Å². The van der Waals surface area contributed by atoms with Crippen molar-refractivity contribution in [1.82, 2.24) is 14.8 Å². The summed E-state index contributed by atoms with van der Waals surface area (Å²) in [5, 5.41) is 4.26. The molecule has 104 valence electrons. The minimum Gasteiger partial charge on any atom is -0.497 e. The first-order valence-electron chi connectivity index (χ1n) is 5.95. The average Bonchev–Trinajstić information content (AvgIpc) is 2.92. The quantitative estimate of drug-likeness (QED) is 0.629. The topological polar surface area (TPSA) is 66.2 Å².